The smallest absolute Gasteiger partial charge is 0.328 e. The third-order valence-corrected chi connectivity index (χ3v) is 2.69. The first-order chi connectivity index (χ1) is 7.45. The first-order valence-corrected chi connectivity index (χ1v) is 5.59. The molecule has 0 aromatic heterocycles. The third kappa shape index (κ3) is 3.48. The molecule has 1 fully saturated rings. The Hall–Kier alpha value is -1.10. The molecule has 16 heavy (non-hydrogen) atoms. The zero-order valence-corrected chi connectivity index (χ0v) is 10.0. The van der Waals surface area contributed by atoms with Gasteiger partial charge >= 0.3 is 5.97 Å². The molecular formula is C11H20N2O3. The lowest BCUT2D eigenvalue weighted by atomic mass is 10.0. The van der Waals surface area contributed by atoms with Gasteiger partial charge in [-0.15, -0.1) is 0 Å². The number of nitrogens with two attached hydrogens (primary N) is 1. The van der Waals surface area contributed by atoms with Gasteiger partial charge in [-0.1, -0.05) is 13.8 Å². The highest BCUT2D eigenvalue weighted by Gasteiger charge is 2.41. The van der Waals surface area contributed by atoms with Crippen molar-refractivity contribution in [2.24, 2.45) is 17.6 Å². The van der Waals surface area contributed by atoms with E-state index in [0.717, 1.165) is 0 Å². The molecule has 0 bridgehead atoms. The number of hydrogen-bond acceptors (Lipinski definition) is 4. The Morgan fingerprint density at radius 2 is 2.06 bits per heavy atom. The number of esters is 1. The molecule has 0 aliphatic heterocycles. The molecule has 3 unspecified atom stereocenters. The maximum absolute atomic E-state index is 11.6. The fourth-order valence-electron chi connectivity index (χ4n) is 1.62. The average Bonchev–Trinajstić information content (AvgIpc) is 2.92. The van der Waals surface area contributed by atoms with E-state index in [1.807, 2.05) is 13.8 Å². The Morgan fingerprint density at radius 1 is 1.50 bits per heavy atom. The van der Waals surface area contributed by atoms with Gasteiger partial charge in [-0.2, -0.15) is 0 Å². The lowest BCUT2D eigenvalue weighted by molar-refractivity contribution is -0.145. The maximum atomic E-state index is 11.6. The molecule has 92 valence electrons. The van der Waals surface area contributed by atoms with E-state index in [1.54, 1.807) is 0 Å². The number of amides is 1. The van der Waals surface area contributed by atoms with Gasteiger partial charge < -0.3 is 15.8 Å². The van der Waals surface area contributed by atoms with Gasteiger partial charge in [0.15, 0.2) is 0 Å². The summed E-state index contributed by atoms with van der Waals surface area (Å²) in [6, 6.07) is -0.595. The van der Waals surface area contributed by atoms with Crippen molar-refractivity contribution in [1.29, 1.82) is 0 Å². The molecule has 0 spiro atoms. The van der Waals surface area contributed by atoms with E-state index in [1.165, 1.54) is 7.11 Å². The van der Waals surface area contributed by atoms with Crippen LogP contribution in [-0.2, 0) is 14.3 Å². The zero-order chi connectivity index (χ0) is 12.3. The number of methoxy groups -OCH3 is 1. The van der Waals surface area contributed by atoms with Gasteiger partial charge in [0.05, 0.1) is 13.0 Å². The lowest BCUT2D eigenvalue weighted by Gasteiger charge is -2.18. The van der Waals surface area contributed by atoms with Crippen LogP contribution in [0.2, 0.25) is 0 Å². The highest BCUT2D eigenvalue weighted by atomic mass is 16.5. The van der Waals surface area contributed by atoms with E-state index in [0.29, 0.717) is 18.8 Å². The van der Waals surface area contributed by atoms with Gasteiger partial charge in [-0.05, 0) is 18.8 Å². The standard InChI is InChI=1S/C11H20N2O3/c1-6(2)4-9(11(15)16-3)13-10(14)7-5-8(7)12/h6-9H,4-5,12H2,1-3H3,(H,13,14). The van der Waals surface area contributed by atoms with Crippen LogP contribution in [0.25, 0.3) is 0 Å². The minimum Gasteiger partial charge on any atom is -0.467 e. The van der Waals surface area contributed by atoms with Crippen molar-refractivity contribution >= 4 is 11.9 Å². The van der Waals surface area contributed by atoms with E-state index < -0.39 is 12.0 Å². The summed E-state index contributed by atoms with van der Waals surface area (Å²) in [5.74, 6) is -0.337. The van der Waals surface area contributed by atoms with Crippen LogP contribution in [0.3, 0.4) is 0 Å². The number of carbonyl (C=O) groups excluding carboxylic acids is 2. The second-order valence-corrected chi connectivity index (χ2v) is 4.72. The predicted octanol–water partition coefficient (Wildman–Crippen LogP) is 0.0375. The van der Waals surface area contributed by atoms with Crippen molar-refractivity contribution in [3.05, 3.63) is 0 Å². The summed E-state index contributed by atoms with van der Waals surface area (Å²) in [6.45, 7) is 3.98. The molecule has 1 saturated carbocycles. The van der Waals surface area contributed by atoms with Gasteiger partial charge in [-0.3, -0.25) is 4.79 Å². The molecule has 5 nitrogen and oxygen atoms in total. The van der Waals surface area contributed by atoms with Crippen molar-refractivity contribution < 1.29 is 14.3 Å². The van der Waals surface area contributed by atoms with Crippen molar-refractivity contribution in [1.82, 2.24) is 5.32 Å². The Morgan fingerprint density at radius 3 is 2.44 bits per heavy atom. The second-order valence-electron chi connectivity index (χ2n) is 4.72. The fourth-order valence-corrected chi connectivity index (χ4v) is 1.62. The SMILES string of the molecule is COC(=O)C(CC(C)C)NC(=O)C1CC1N. The Balaban J connectivity index is 2.49. The van der Waals surface area contributed by atoms with Gasteiger partial charge in [0.1, 0.15) is 6.04 Å². The molecule has 1 aliphatic rings. The van der Waals surface area contributed by atoms with Crippen LogP contribution in [0.15, 0.2) is 0 Å². The van der Waals surface area contributed by atoms with Crippen molar-refractivity contribution in [3.8, 4) is 0 Å². The molecule has 0 radical (unpaired) electrons. The highest BCUT2D eigenvalue weighted by molar-refractivity contribution is 5.87. The number of carbonyl (C=O) groups is 2. The molecule has 1 amide bonds. The van der Waals surface area contributed by atoms with E-state index in [-0.39, 0.29) is 17.9 Å². The molecule has 0 aromatic carbocycles. The quantitative estimate of drug-likeness (QED) is 0.651. The molecule has 1 rings (SSSR count). The molecule has 1 aliphatic carbocycles. The molecular weight excluding hydrogens is 208 g/mol. The molecule has 0 aromatic rings. The van der Waals surface area contributed by atoms with Crippen molar-refractivity contribution in [3.63, 3.8) is 0 Å². The van der Waals surface area contributed by atoms with E-state index in [4.69, 9.17) is 5.73 Å². The molecule has 0 heterocycles. The molecule has 3 N–H and O–H groups in total. The maximum Gasteiger partial charge on any atom is 0.328 e. The summed E-state index contributed by atoms with van der Waals surface area (Å²) in [5, 5.41) is 2.70. The first kappa shape index (κ1) is 13.0. The van der Waals surface area contributed by atoms with Crippen molar-refractivity contribution in [2.45, 2.75) is 38.8 Å². The first-order valence-electron chi connectivity index (χ1n) is 5.59. The van der Waals surface area contributed by atoms with E-state index >= 15 is 0 Å². The lowest BCUT2D eigenvalue weighted by Crippen LogP contribution is -2.43. The topological polar surface area (TPSA) is 81.4 Å². The van der Waals surface area contributed by atoms with Crippen LogP contribution in [0.4, 0.5) is 0 Å². The summed E-state index contributed by atoms with van der Waals surface area (Å²) in [6.07, 6.45) is 1.29. The van der Waals surface area contributed by atoms with E-state index in [9.17, 15) is 9.59 Å². The number of nitrogens with one attached hydrogen (secondary N) is 1. The Kier molecular flexibility index (Phi) is 4.29. The number of rotatable bonds is 5. The summed E-state index contributed by atoms with van der Waals surface area (Å²) < 4.78 is 4.66. The minimum atomic E-state index is -0.551. The summed E-state index contributed by atoms with van der Waals surface area (Å²) >= 11 is 0. The summed E-state index contributed by atoms with van der Waals surface area (Å²) in [4.78, 5) is 23.1. The van der Waals surface area contributed by atoms with Crippen LogP contribution in [0, 0.1) is 11.8 Å². The van der Waals surface area contributed by atoms with Gasteiger partial charge in [0, 0.05) is 6.04 Å². The van der Waals surface area contributed by atoms with E-state index in [2.05, 4.69) is 10.1 Å². The van der Waals surface area contributed by atoms with Crippen LogP contribution in [0.1, 0.15) is 26.7 Å². The van der Waals surface area contributed by atoms with Crippen molar-refractivity contribution in [2.75, 3.05) is 7.11 Å². The number of ether oxygens (including phenoxy) is 1. The monoisotopic (exact) mass is 228 g/mol. The van der Waals surface area contributed by atoms with Gasteiger partial charge in [-0.25, -0.2) is 4.79 Å². The predicted molar refractivity (Wildman–Crippen MR) is 59.5 cm³/mol. The van der Waals surface area contributed by atoms with Gasteiger partial charge in [0.2, 0.25) is 5.91 Å². The van der Waals surface area contributed by atoms with Crippen LogP contribution >= 0.6 is 0 Å². The second kappa shape index (κ2) is 5.30. The molecule has 0 saturated heterocycles. The fraction of sp³-hybridized carbons (Fsp3) is 0.818. The van der Waals surface area contributed by atoms with Crippen LogP contribution in [0.5, 0.6) is 0 Å². The Labute approximate surface area is 95.7 Å². The third-order valence-electron chi connectivity index (χ3n) is 2.69. The zero-order valence-electron chi connectivity index (χ0n) is 10.0. The summed E-state index contributed by atoms with van der Waals surface area (Å²) in [5.41, 5.74) is 5.58. The van der Waals surface area contributed by atoms with Crippen LogP contribution in [-0.4, -0.2) is 31.1 Å². The molecule has 3 atom stereocenters. The summed E-state index contributed by atoms with van der Waals surface area (Å²) in [7, 11) is 1.32. The van der Waals surface area contributed by atoms with Crippen LogP contribution < -0.4 is 11.1 Å². The minimum absolute atomic E-state index is 0.0441. The normalized spacial score (nSPS) is 25.1. The largest absolute Gasteiger partial charge is 0.467 e. The average molecular weight is 228 g/mol. The number of hydrogen-bond donors (Lipinski definition) is 2. The van der Waals surface area contributed by atoms with Gasteiger partial charge in [0.25, 0.3) is 0 Å². The molecule has 5 heteroatoms. The highest BCUT2D eigenvalue weighted by Crippen LogP contribution is 2.28. The Bertz CT molecular complexity index is 278.